The van der Waals surface area contributed by atoms with Crippen LogP contribution in [0.2, 0.25) is 0 Å². The summed E-state index contributed by atoms with van der Waals surface area (Å²) < 4.78 is 29.9. The topological polar surface area (TPSA) is 17.1 Å². The van der Waals surface area contributed by atoms with Crippen molar-refractivity contribution in [3.63, 3.8) is 0 Å². The highest BCUT2D eigenvalue weighted by Crippen LogP contribution is 2.63. The van der Waals surface area contributed by atoms with Gasteiger partial charge in [0, 0.05) is 24.7 Å². The van der Waals surface area contributed by atoms with Crippen LogP contribution < -0.4 is 0 Å². The summed E-state index contributed by atoms with van der Waals surface area (Å²) in [4.78, 5) is 12.5. The van der Waals surface area contributed by atoms with Crippen molar-refractivity contribution >= 4 is 5.78 Å². The van der Waals surface area contributed by atoms with Gasteiger partial charge >= 0.3 is 0 Å². The van der Waals surface area contributed by atoms with Crippen LogP contribution in [0.25, 0.3) is 0 Å². The van der Waals surface area contributed by atoms with E-state index in [0.717, 1.165) is 36.8 Å². The molecule has 0 N–H and O–H groups in total. The third-order valence-corrected chi connectivity index (χ3v) is 11.5. The molecule has 2 saturated carbocycles. The first-order valence-corrected chi connectivity index (χ1v) is 16.0. The molecule has 4 atom stereocenters. The molecule has 0 aromatic heterocycles. The molecule has 2 aromatic carbocycles. The van der Waals surface area contributed by atoms with Gasteiger partial charge in [0.2, 0.25) is 0 Å². The fraction of sp³-hybridized carbons (Fsp3) is 0.658. The highest BCUT2D eigenvalue weighted by Gasteiger charge is 2.61. The molecule has 0 aliphatic heterocycles. The lowest BCUT2D eigenvalue weighted by atomic mass is 9.66. The Morgan fingerprint density at radius 1 is 0.659 bits per heavy atom. The van der Waals surface area contributed by atoms with Crippen molar-refractivity contribution in [1.82, 2.24) is 0 Å². The van der Waals surface area contributed by atoms with Crippen molar-refractivity contribution in [2.24, 2.45) is 11.8 Å². The predicted octanol–water partition coefficient (Wildman–Crippen LogP) is 9.84. The van der Waals surface area contributed by atoms with E-state index in [-0.39, 0.29) is 39.9 Å². The highest BCUT2D eigenvalue weighted by molar-refractivity contribution is 5.91. The number of hydrogen-bond acceptors (Lipinski definition) is 1. The van der Waals surface area contributed by atoms with Crippen LogP contribution >= 0.6 is 0 Å². The molecule has 41 heavy (non-hydrogen) atoms. The highest BCUT2D eigenvalue weighted by atomic mass is 19.3. The van der Waals surface area contributed by atoms with Gasteiger partial charge in [-0.15, -0.1) is 0 Å². The van der Waals surface area contributed by atoms with E-state index in [1.54, 1.807) is 0 Å². The van der Waals surface area contributed by atoms with E-state index in [2.05, 4.69) is 93.5 Å². The minimum Gasteiger partial charge on any atom is -0.299 e. The number of carbonyl (C=O) groups excluding carboxylic acids is 1. The minimum absolute atomic E-state index is 0.0309. The van der Waals surface area contributed by atoms with Gasteiger partial charge in [0.15, 0.2) is 0 Å². The Kier molecular flexibility index (Phi) is 6.21. The Labute approximate surface area is 246 Å². The number of rotatable bonds is 5. The maximum Gasteiger partial charge on any atom is 0.255 e. The van der Waals surface area contributed by atoms with Crippen molar-refractivity contribution in [3.8, 4) is 0 Å². The van der Waals surface area contributed by atoms with Crippen LogP contribution in [0.4, 0.5) is 8.78 Å². The van der Waals surface area contributed by atoms with Crippen LogP contribution in [-0.4, -0.2) is 11.7 Å². The second kappa shape index (κ2) is 8.76. The Morgan fingerprint density at radius 2 is 1.17 bits per heavy atom. The van der Waals surface area contributed by atoms with Crippen molar-refractivity contribution in [1.29, 1.82) is 0 Å². The Balaban J connectivity index is 1.33. The first kappa shape index (κ1) is 29.1. The zero-order valence-electron chi connectivity index (χ0n) is 27.0. The second-order valence-electron chi connectivity index (χ2n) is 17.4. The Hall–Kier alpha value is -2.03. The van der Waals surface area contributed by atoms with Crippen LogP contribution in [0, 0.1) is 11.8 Å². The molecule has 0 saturated heterocycles. The fourth-order valence-electron chi connectivity index (χ4n) is 9.05. The van der Waals surface area contributed by atoms with Gasteiger partial charge in [-0.3, -0.25) is 4.79 Å². The third-order valence-electron chi connectivity index (χ3n) is 11.5. The van der Waals surface area contributed by atoms with Crippen LogP contribution in [-0.2, 0) is 39.3 Å². The molecule has 2 aromatic rings. The molecule has 0 radical (unpaired) electrons. The van der Waals surface area contributed by atoms with Crippen molar-refractivity contribution in [2.45, 2.75) is 147 Å². The summed E-state index contributed by atoms with van der Waals surface area (Å²) in [5.41, 5.74) is 10.0. The Bertz CT molecular complexity index is 1430. The van der Waals surface area contributed by atoms with Gasteiger partial charge in [-0.25, -0.2) is 8.78 Å². The summed E-state index contributed by atoms with van der Waals surface area (Å²) in [5, 5.41) is 0. The summed E-state index contributed by atoms with van der Waals surface area (Å²) in [5.74, 6) is -2.12. The van der Waals surface area contributed by atoms with Gasteiger partial charge in [-0.2, -0.15) is 0 Å². The van der Waals surface area contributed by atoms with Crippen LogP contribution in [0.1, 0.15) is 151 Å². The molecule has 2 fully saturated rings. The quantitative estimate of drug-likeness (QED) is 0.356. The largest absolute Gasteiger partial charge is 0.299 e. The van der Waals surface area contributed by atoms with Gasteiger partial charge in [0.25, 0.3) is 5.92 Å². The summed E-state index contributed by atoms with van der Waals surface area (Å²) >= 11 is 0. The number of ketones is 1. The van der Waals surface area contributed by atoms with Crippen molar-refractivity contribution in [3.05, 3.63) is 68.8 Å². The first-order valence-electron chi connectivity index (χ1n) is 16.0. The molecule has 4 aliphatic carbocycles. The fourth-order valence-corrected chi connectivity index (χ4v) is 9.05. The van der Waals surface area contributed by atoms with E-state index < -0.39 is 11.8 Å². The summed E-state index contributed by atoms with van der Waals surface area (Å²) in [6.07, 6.45) is 4.41. The van der Waals surface area contributed by atoms with Crippen LogP contribution in [0.15, 0.2) is 24.3 Å². The molecule has 0 amide bonds. The van der Waals surface area contributed by atoms with E-state index in [4.69, 9.17) is 0 Å². The summed E-state index contributed by atoms with van der Waals surface area (Å²) in [6, 6.07) is 9.15. The molecule has 0 bridgehead atoms. The van der Waals surface area contributed by atoms with E-state index >= 15 is 0 Å². The van der Waals surface area contributed by atoms with E-state index in [0.29, 0.717) is 18.1 Å². The summed E-state index contributed by atoms with van der Waals surface area (Å²) in [6.45, 7) is 22.7. The van der Waals surface area contributed by atoms with Gasteiger partial charge in [-0.1, -0.05) is 93.5 Å². The molecule has 6 rings (SSSR count). The van der Waals surface area contributed by atoms with Gasteiger partial charge in [0.05, 0.1) is 5.92 Å². The van der Waals surface area contributed by atoms with E-state index in [1.807, 2.05) is 0 Å². The van der Waals surface area contributed by atoms with Crippen molar-refractivity contribution < 1.29 is 13.6 Å². The lowest BCUT2D eigenvalue weighted by Crippen LogP contribution is -2.43. The molecular weight excluding hydrogens is 510 g/mol. The number of hydrogen-bond donors (Lipinski definition) is 0. The van der Waals surface area contributed by atoms with Crippen LogP contribution in [0.5, 0.6) is 0 Å². The van der Waals surface area contributed by atoms with Gasteiger partial charge in [-0.05, 0) is 97.8 Å². The molecule has 4 aliphatic rings. The zero-order chi connectivity index (χ0) is 30.1. The zero-order valence-corrected chi connectivity index (χ0v) is 27.0. The monoisotopic (exact) mass is 560 g/mol. The number of halogens is 2. The maximum absolute atomic E-state index is 14.9. The third kappa shape index (κ3) is 4.37. The van der Waals surface area contributed by atoms with E-state index in [1.165, 1.54) is 33.4 Å². The molecule has 3 heteroatoms. The van der Waals surface area contributed by atoms with E-state index in [9.17, 15) is 13.6 Å². The molecule has 0 spiro atoms. The first-order chi connectivity index (χ1) is 18.7. The standard InChI is InChI=1S/C38H50F2O/c1-34(2,3)26-11-14-29(31-23-19-30(41)22(23)18-25(26)31)37(9,10)16-15-36(7,8)27-12-13-28(35(4,5)6)32-24(27)17-21-20-38(39,40)33(21)32/h11-14,21-23,33H,15-20H2,1-10H3. The molecule has 4 unspecified atom stereocenters. The SMILES string of the molecule is CC(C)(C)c1ccc(C(C)(C)CCC(C)(C)c2ccc(C(C)(C)C)c3c2CC2CC(F)(F)C32)c2c1CC1C(=O)CC21. The summed E-state index contributed by atoms with van der Waals surface area (Å²) in [7, 11) is 0. The van der Waals surface area contributed by atoms with Crippen LogP contribution in [0.3, 0.4) is 0 Å². The molecule has 0 heterocycles. The number of carbonyl (C=O) groups is 1. The predicted molar refractivity (Wildman–Crippen MR) is 165 cm³/mol. The number of benzene rings is 2. The molecule has 222 valence electrons. The maximum atomic E-state index is 14.9. The normalized spacial score (nSPS) is 26.6. The number of alkyl halides is 2. The molecule has 1 nitrogen and oxygen atoms in total. The molecular formula is C38H50F2O. The lowest BCUT2D eigenvalue weighted by molar-refractivity contribution is -0.130. The van der Waals surface area contributed by atoms with Gasteiger partial charge in [0.1, 0.15) is 5.78 Å². The average Bonchev–Trinajstić information content (AvgIpc) is 3.32. The van der Waals surface area contributed by atoms with Gasteiger partial charge < -0.3 is 0 Å². The minimum atomic E-state index is -2.58. The number of Topliss-reactive ketones (excluding diaryl/α,β-unsaturated/α-hetero) is 1. The Morgan fingerprint density at radius 3 is 1.73 bits per heavy atom. The lowest BCUT2D eigenvalue weighted by Gasteiger charge is -2.42. The second-order valence-corrected chi connectivity index (χ2v) is 17.4. The smallest absolute Gasteiger partial charge is 0.255 e. The average molecular weight is 561 g/mol. The number of fused-ring (bicyclic) bond motifs is 6. The van der Waals surface area contributed by atoms with Crippen molar-refractivity contribution in [2.75, 3.05) is 0 Å².